The van der Waals surface area contributed by atoms with E-state index >= 15 is 0 Å². The van der Waals surface area contributed by atoms with Crippen molar-refractivity contribution in [2.24, 2.45) is 0 Å². The number of ketones is 1. The van der Waals surface area contributed by atoms with Crippen molar-refractivity contribution in [3.05, 3.63) is 23.5 Å². The number of hydrogen-bond acceptors (Lipinski definition) is 1. The highest BCUT2D eigenvalue weighted by atomic mass is 16.1. The smallest absolute Gasteiger partial charge is 0.164 e. The van der Waals surface area contributed by atoms with E-state index in [1.165, 1.54) is 31.4 Å². The molecule has 86 valence electrons. The SMILES string of the molecule is CC1(n2ccc3c2CCCC3=O)CCCC1. The monoisotopic (exact) mass is 217 g/mol. The molecule has 0 radical (unpaired) electrons. The number of Topliss-reactive ketones (excluding diaryl/α,β-unsaturated/α-hetero) is 1. The minimum Gasteiger partial charge on any atom is -0.345 e. The van der Waals surface area contributed by atoms with Crippen molar-refractivity contribution in [3.63, 3.8) is 0 Å². The highest BCUT2D eigenvalue weighted by molar-refractivity contribution is 5.98. The number of carbonyl (C=O) groups is 1. The molecule has 2 nitrogen and oxygen atoms in total. The second kappa shape index (κ2) is 3.47. The molecule has 0 spiro atoms. The average Bonchev–Trinajstić information content (AvgIpc) is 2.85. The summed E-state index contributed by atoms with van der Waals surface area (Å²) in [6.07, 6.45) is 10.2. The van der Waals surface area contributed by atoms with Crippen molar-refractivity contribution in [2.75, 3.05) is 0 Å². The maximum absolute atomic E-state index is 11.8. The first kappa shape index (κ1) is 10.1. The number of fused-ring (bicyclic) bond motifs is 1. The quantitative estimate of drug-likeness (QED) is 0.707. The minimum atomic E-state index is 0.283. The van der Waals surface area contributed by atoms with Gasteiger partial charge in [-0.05, 0) is 38.7 Å². The van der Waals surface area contributed by atoms with Gasteiger partial charge in [-0.25, -0.2) is 0 Å². The van der Waals surface area contributed by atoms with Crippen molar-refractivity contribution in [2.45, 2.75) is 57.4 Å². The largest absolute Gasteiger partial charge is 0.345 e. The van der Waals surface area contributed by atoms with Gasteiger partial charge in [0.2, 0.25) is 0 Å². The zero-order chi connectivity index (χ0) is 11.2. The molecule has 0 aromatic carbocycles. The normalized spacial score (nSPS) is 23.4. The molecule has 1 aromatic rings. The lowest BCUT2D eigenvalue weighted by Crippen LogP contribution is -2.28. The van der Waals surface area contributed by atoms with E-state index in [-0.39, 0.29) is 5.54 Å². The van der Waals surface area contributed by atoms with E-state index in [4.69, 9.17) is 0 Å². The Morgan fingerprint density at radius 3 is 2.69 bits per heavy atom. The average molecular weight is 217 g/mol. The summed E-state index contributed by atoms with van der Waals surface area (Å²) >= 11 is 0. The first-order valence-electron chi connectivity index (χ1n) is 6.45. The van der Waals surface area contributed by atoms with Gasteiger partial charge in [0.1, 0.15) is 0 Å². The first-order chi connectivity index (χ1) is 7.71. The van der Waals surface area contributed by atoms with E-state index in [0.717, 1.165) is 24.8 Å². The summed E-state index contributed by atoms with van der Waals surface area (Å²) in [5.41, 5.74) is 2.59. The summed E-state index contributed by atoms with van der Waals surface area (Å²) in [5, 5.41) is 0. The fraction of sp³-hybridized carbons (Fsp3) is 0.643. The Morgan fingerprint density at radius 1 is 1.19 bits per heavy atom. The van der Waals surface area contributed by atoms with E-state index < -0.39 is 0 Å². The van der Waals surface area contributed by atoms with Crippen molar-refractivity contribution >= 4 is 5.78 Å². The Kier molecular flexibility index (Phi) is 2.20. The van der Waals surface area contributed by atoms with Gasteiger partial charge in [-0.3, -0.25) is 4.79 Å². The van der Waals surface area contributed by atoms with Crippen LogP contribution in [-0.4, -0.2) is 10.4 Å². The van der Waals surface area contributed by atoms with Crippen LogP contribution in [0, 0.1) is 0 Å². The zero-order valence-corrected chi connectivity index (χ0v) is 9.96. The second-order valence-electron chi connectivity index (χ2n) is 5.53. The molecule has 1 saturated carbocycles. The van der Waals surface area contributed by atoms with Crippen LogP contribution in [0.2, 0.25) is 0 Å². The molecule has 16 heavy (non-hydrogen) atoms. The summed E-state index contributed by atoms with van der Waals surface area (Å²) in [4.78, 5) is 11.8. The van der Waals surface area contributed by atoms with Gasteiger partial charge < -0.3 is 4.57 Å². The van der Waals surface area contributed by atoms with Gasteiger partial charge in [-0.15, -0.1) is 0 Å². The molecule has 0 N–H and O–H groups in total. The second-order valence-corrected chi connectivity index (χ2v) is 5.53. The van der Waals surface area contributed by atoms with Gasteiger partial charge in [0.05, 0.1) is 0 Å². The van der Waals surface area contributed by atoms with Crippen LogP contribution >= 0.6 is 0 Å². The van der Waals surface area contributed by atoms with Crippen LogP contribution in [0.25, 0.3) is 0 Å². The molecule has 0 atom stereocenters. The summed E-state index contributed by atoms with van der Waals surface area (Å²) in [6, 6.07) is 2.04. The molecule has 2 aliphatic carbocycles. The van der Waals surface area contributed by atoms with Crippen LogP contribution in [0.5, 0.6) is 0 Å². The van der Waals surface area contributed by atoms with Crippen LogP contribution in [0.4, 0.5) is 0 Å². The van der Waals surface area contributed by atoms with Gasteiger partial charge in [0.25, 0.3) is 0 Å². The molecule has 0 amide bonds. The minimum absolute atomic E-state index is 0.283. The molecule has 0 bridgehead atoms. The van der Waals surface area contributed by atoms with Gasteiger partial charge >= 0.3 is 0 Å². The standard InChI is InChI=1S/C14H19NO/c1-14(8-2-3-9-14)15-10-7-11-12(15)5-4-6-13(11)16/h7,10H,2-6,8-9H2,1H3. The van der Waals surface area contributed by atoms with Crippen LogP contribution in [0.1, 0.15) is 61.5 Å². The molecule has 1 heterocycles. The maximum atomic E-state index is 11.8. The number of carbonyl (C=O) groups excluding carboxylic acids is 1. The highest BCUT2D eigenvalue weighted by Gasteiger charge is 2.33. The van der Waals surface area contributed by atoms with Crippen LogP contribution in [0.15, 0.2) is 12.3 Å². The van der Waals surface area contributed by atoms with Gasteiger partial charge in [-0.2, -0.15) is 0 Å². The van der Waals surface area contributed by atoms with Crippen molar-refractivity contribution in [1.29, 1.82) is 0 Å². The molecule has 0 saturated heterocycles. The third kappa shape index (κ3) is 1.35. The predicted molar refractivity (Wildman–Crippen MR) is 63.8 cm³/mol. The summed E-state index contributed by atoms with van der Waals surface area (Å²) in [5.74, 6) is 0.349. The van der Waals surface area contributed by atoms with Gasteiger partial charge in [0.15, 0.2) is 5.78 Å². The van der Waals surface area contributed by atoms with Crippen LogP contribution < -0.4 is 0 Å². The Labute approximate surface area is 96.6 Å². The van der Waals surface area contributed by atoms with Gasteiger partial charge in [-0.1, -0.05) is 12.8 Å². The zero-order valence-electron chi connectivity index (χ0n) is 9.96. The lowest BCUT2D eigenvalue weighted by atomic mass is 9.94. The molecule has 3 rings (SSSR count). The van der Waals surface area contributed by atoms with Gasteiger partial charge in [0, 0.05) is 29.4 Å². The lowest BCUT2D eigenvalue weighted by molar-refractivity contribution is 0.0971. The molecular weight excluding hydrogens is 198 g/mol. The molecule has 1 aromatic heterocycles. The third-order valence-corrected chi connectivity index (χ3v) is 4.37. The van der Waals surface area contributed by atoms with E-state index in [1.54, 1.807) is 0 Å². The number of aromatic nitrogens is 1. The summed E-state index contributed by atoms with van der Waals surface area (Å²) < 4.78 is 2.41. The van der Waals surface area contributed by atoms with Crippen molar-refractivity contribution in [1.82, 2.24) is 4.57 Å². The molecule has 2 aliphatic rings. The highest BCUT2D eigenvalue weighted by Crippen LogP contribution is 2.39. The van der Waals surface area contributed by atoms with E-state index in [2.05, 4.69) is 17.7 Å². The molecular formula is C14H19NO. The third-order valence-electron chi connectivity index (χ3n) is 4.37. The summed E-state index contributed by atoms with van der Waals surface area (Å²) in [6.45, 7) is 2.35. The Morgan fingerprint density at radius 2 is 1.94 bits per heavy atom. The van der Waals surface area contributed by atoms with Crippen LogP contribution in [0.3, 0.4) is 0 Å². The number of hydrogen-bond donors (Lipinski definition) is 0. The van der Waals surface area contributed by atoms with E-state index in [0.29, 0.717) is 5.78 Å². The van der Waals surface area contributed by atoms with Crippen molar-refractivity contribution in [3.8, 4) is 0 Å². The molecule has 2 heteroatoms. The molecule has 0 unspecified atom stereocenters. The first-order valence-corrected chi connectivity index (χ1v) is 6.45. The van der Waals surface area contributed by atoms with Crippen LogP contribution in [-0.2, 0) is 12.0 Å². The van der Waals surface area contributed by atoms with E-state index in [1.807, 2.05) is 6.07 Å². The fourth-order valence-electron chi connectivity index (χ4n) is 3.41. The topological polar surface area (TPSA) is 22.0 Å². The Hall–Kier alpha value is -1.05. The fourth-order valence-corrected chi connectivity index (χ4v) is 3.41. The summed E-state index contributed by atoms with van der Waals surface area (Å²) in [7, 11) is 0. The lowest BCUT2D eigenvalue weighted by Gasteiger charge is -2.30. The maximum Gasteiger partial charge on any atom is 0.164 e. The predicted octanol–water partition coefficient (Wildman–Crippen LogP) is 3.30. The number of rotatable bonds is 1. The molecule has 1 fully saturated rings. The molecule has 0 aliphatic heterocycles. The Balaban J connectivity index is 2.05. The number of nitrogens with zero attached hydrogens (tertiary/aromatic N) is 1. The van der Waals surface area contributed by atoms with Crippen molar-refractivity contribution < 1.29 is 4.79 Å². The van der Waals surface area contributed by atoms with E-state index in [9.17, 15) is 4.79 Å². The Bertz CT molecular complexity index is 424.